The van der Waals surface area contributed by atoms with Crippen molar-refractivity contribution in [2.75, 3.05) is 4.90 Å². The molecule has 0 saturated heterocycles. The fraction of sp³-hybridized carbons (Fsp3) is 0. The zero-order chi connectivity index (χ0) is 16.2. The number of pyridine rings is 1. The van der Waals surface area contributed by atoms with Crippen LogP contribution in [0.25, 0.3) is 11.1 Å². The lowest BCUT2D eigenvalue weighted by molar-refractivity contribution is -0.106. The van der Waals surface area contributed by atoms with Crippen LogP contribution in [0, 0.1) is 0 Å². The third-order valence-corrected chi connectivity index (χ3v) is 3.48. The Balaban J connectivity index is 2.16. The summed E-state index contributed by atoms with van der Waals surface area (Å²) in [5, 5.41) is 19.6. The predicted octanol–water partition coefficient (Wildman–Crippen LogP) is 3.45. The van der Waals surface area contributed by atoms with E-state index in [1.54, 1.807) is 42.7 Å². The summed E-state index contributed by atoms with van der Waals surface area (Å²) >= 11 is 0. The highest BCUT2D eigenvalue weighted by atomic mass is 16.3. The van der Waals surface area contributed by atoms with Gasteiger partial charge in [0.05, 0.1) is 11.4 Å². The fourth-order valence-corrected chi connectivity index (χ4v) is 2.42. The number of aromatic hydroxyl groups is 2. The molecule has 3 rings (SSSR count). The maximum atomic E-state index is 11.6. The number of carbonyl (C=O) groups excluding carboxylic acids is 1. The highest BCUT2D eigenvalue weighted by molar-refractivity contribution is 5.94. The Kier molecular flexibility index (Phi) is 3.93. The van der Waals surface area contributed by atoms with Gasteiger partial charge in [0.25, 0.3) is 0 Å². The summed E-state index contributed by atoms with van der Waals surface area (Å²) in [6.07, 6.45) is 3.92. The first-order chi connectivity index (χ1) is 11.2. The van der Waals surface area contributed by atoms with E-state index in [1.165, 1.54) is 17.0 Å². The van der Waals surface area contributed by atoms with Crippen LogP contribution in [0.4, 0.5) is 11.4 Å². The van der Waals surface area contributed by atoms with Gasteiger partial charge >= 0.3 is 0 Å². The van der Waals surface area contributed by atoms with Crippen molar-refractivity contribution < 1.29 is 15.0 Å². The Labute approximate surface area is 133 Å². The van der Waals surface area contributed by atoms with Crippen molar-refractivity contribution in [3.8, 4) is 22.6 Å². The summed E-state index contributed by atoms with van der Waals surface area (Å²) < 4.78 is 0. The first-order valence-corrected chi connectivity index (χ1v) is 6.96. The van der Waals surface area contributed by atoms with Crippen molar-refractivity contribution in [3.05, 3.63) is 67.0 Å². The number of hydrogen-bond donors (Lipinski definition) is 2. The van der Waals surface area contributed by atoms with Crippen LogP contribution < -0.4 is 4.90 Å². The number of para-hydroxylation sites is 1. The Hall–Kier alpha value is -3.34. The zero-order valence-electron chi connectivity index (χ0n) is 12.1. The molecule has 2 N–H and O–H groups in total. The van der Waals surface area contributed by atoms with Gasteiger partial charge in [0.15, 0.2) is 0 Å². The third-order valence-electron chi connectivity index (χ3n) is 3.48. The van der Waals surface area contributed by atoms with E-state index in [1.807, 2.05) is 12.1 Å². The quantitative estimate of drug-likeness (QED) is 0.724. The zero-order valence-corrected chi connectivity index (χ0v) is 12.1. The molecule has 0 fully saturated rings. The molecule has 0 bridgehead atoms. The van der Waals surface area contributed by atoms with E-state index in [9.17, 15) is 15.0 Å². The molecule has 0 aliphatic heterocycles. The summed E-state index contributed by atoms with van der Waals surface area (Å²) in [4.78, 5) is 17.1. The van der Waals surface area contributed by atoms with Crippen LogP contribution in [-0.4, -0.2) is 21.6 Å². The number of benzene rings is 2. The Morgan fingerprint density at radius 3 is 2.35 bits per heavy atom. The lowest BCUT2D eigenvalue weighted by Crippen LogP contribution is -2.15. The molecule has 114 valence electrons. The number of amides is 1. The molecule has 0 saturated carbocycles. The van der Waals surface area contributed by atoms with Gasteiger partial charge in [-0.15, -0.1) is 0 Å². The van der Waals surface area contributed by atoms with Crippen LogP contribution in [0.5, 0.6) is 11.5 Å². The van der Waals surface area contributed by atoms with Crippen molar-refractivity contribution in [1.82, 2.24) is 4.98 Å². The van der Waals surface area contributed by atoms with Gasteiger partial charge in [0.2, 0.25) is 6.41 Å². The monoisotopic (exact) mass is 306 g/mol. The van der Waals surface area contributed by atoms with Gasteiger partial charge in [-0.2, -0.15) is 0 Å². The first kappa shape index (κ1) is 14.6. The summed E-state index contributed by atoms with van der Waals surface area (Å²) in [7, 11) is 0. The molecular weight excluding hydrogens is 292 g/mol. The molecule has 0 unspecified atom stereocenters. The van der Waals surface area contributed by atoms with Crippen molar-refractivity contribution in [2.45, 2.75) is 0 Å². The molecule has 2 aromatic carbocycles. The number of rotatable bonds is 4. The van der Waals surface area contributed by atoms with Gasteiger partial charge in [-0.05, 0) is 30.3 Å². The van der Waals surface area contributed by atoms with Crippen molar-refractivity contribution >= 4 is 17.8 Å². The highest BCUT2D eigenvalue weighted by Crippen LogP contribution is 2.39. The Morgan fingerprint density at radius 1 is 0.913 bits per heavy atom. The highest BCUT2D eigenvalue weighted by Gasteiger charge is 2.16. The average molecular weight is 306 g/mol. The molecule has 1 amide bonds. The lowest BCUT2D eigenvalue weighted by Gasteiger charge is -2.21. The third kappa shape index (κ3) is 2.85. The molecule has 5 heteroatoms. The Bertz CT molecular complexity index is 835. The summed E-state index contributed by atoms with van der Waals surface area (Å²) in [5.41, 5.74) is 2.49. The molecule has 23 heavy (non-hydrogen) atoms. The molecule has 0 spiro atoms. The second kappa shape index (κ2) is 6.19. The van der Waals surface area contributed by atoms with Gasteiger partial charge < -0.3 is 10.2 Å². The van der Waals surface area contributed by atoms with E-state index in [4.69, 9.17) is 0 Å². The minimum absolute atomic E-state index is 0.0230. The van der Waals surface area contributed by atoms with E-state index < -0.39 is 0 Å². The van der Waals surface area contributed by atoms with Gasteiger partial charge in [0, 0.05) is 29.6 Å². The van der Waals surface area contributed by atoms with Crippen LogP contribution in [-0.2, 0) is 4.79 Å². The lowest BCUT2D eigenvalue weighted by atomic mass is 10.0. The normalized spacial score (nSPS) is 10.3. The number of carbonyl (C=O) groups is 1. The second-order valence-electron chi connectivity index (χ2n) is 4.90. The molecule has 5 nitrogen and oxygen atoms in total. The number of phenols is 2. The summed E-state index contributed by atoms with van der Waals surface area (Å²) in [5.74, 6) is -0.0804. The van der Waals surface area contributed by atoms with E-state index in [2.05, 4.69) is 4.98 Å². The van der Waals surface area contributed by atoms with Gasteiger partial charge in [-0.25, -0.2) is 0 Å². The average Bonchev–Trinajstić information content (AvgIpc) is 2.57. The van der Waals surface area contributed by atoms with Crippen molar-refractivity contribution in [3.63, 3.8) is 0 Å². The fourth-order valence-electron chi connectivity index (χ4n) is 2.42. The molecule has 0 aliphatic carbocycles. The number of phenolic OH excluding ortho intramolecular Hbond substituents is 2. The van der Waals surface area contributed by atoms with E-state index in [0.29, 0.717) is 28.9 Å². The topological polar surface area (TPSA) is 73.7 Å². The summed E-state index contributed by atoms with van der Waals surface area (Å²) in [6.45, 7) is 0. The second-order valence-corrected chi connectivity index (χ2v) is 4.90. The smallest absolute Gasteiger partial charge is 0.218 e. The van der Waals surface area contributed by atoms with E-state index in [-0.39, 0.29) is 11.5 Å². The number of aromatic nitrogens is 1. The maximum Gasteiger partial charge on any atom is 0.218 e. The number of anilines is 2. The maximum absolute atomic E-state index is 11.6. The SMILES string of the molecule is O=CN(c1ccncc1)c1ccccc1-c1ccc(O)cc1O. The predicted molar refractivity (Wildman–Crippen MR) is 87.6 cm³/mol. The molecule has 0 aliphatic rings. The van der Waals surface area contributed by atoms with Crippen LogP contribution in [0.15, 0.2) is 67.0 Å². The minimum atomic E-state index is -0.0574. The molecular formula is C18H14N2O3. The number of nitrogens with zero attached hydrogens (tertiary/aromatic N) is 2. The standard InChI is InChI=1S/C18H14N2O3/c21-12-20(13-7-9-19-10-8-13)17-4-2-1-3-15(17)16-6-5-14(22)11-18(16)23/h1-12,22-23H. The van der Waals surface area contributed by atoms with Gasteiger partial charge in [-0.1, -0.05) is 18.2 Å². The Morgan fingerprint density at radius 2 is 1.65 bits per heavy atom. The van der Waals surface area contributed by atoms with Crippen molar-refractivity contribution in [2.24, 2.45) is 0 Å². The van der Waals surface area contributed by atoms with Crippen LogP contribution in [0.3, 0.4) is 0 Å². The molecule has 1 heterocycles. The molecule has 1 aromatic heterocycles. The van der Waals surface area contributed by atoms with Crippen LogP contribution >= 0.6 is 0 Å². The van der Waals surface area contributed by atoms with E-state index in [0.717, 1.165) is 0 Å². The van der Waals surface area contributed by atoms with Crippen LogP contribution in [0.1, 0.15) is 0 Å². The minimum Gasteiger partial charge on any atom is -0.508 e. The molecule has 0 atom stereocenters. The van der Waals surface area contributed by atoms with Gasteiger partial charge in [-0.3, -0.25) is 14.7 Å². The van der Waals surface area contributed by atoms with Gasteiger partial charge in [0.1, 0.15) is 11.5 Å². The first-order valence-electron chi connectivity index (χ1n) is 6.96. The molecule has 0 radical (unpaired) electrons. The van der Waals surface area contributed by atoms with Crippen LogP contribution in [0.2, 0.25) is 0 Å². The van der Waals surface area contributed by atoms with E-state index >= 15 is 0 Å². The van der Waals surface area contributed by atoms with Crippen molar-refractivity contribution in [1.29, 1.82) is 0 Å². The summed E-state index contributed by atoms with van der Waals surface area (Å²) in [6, 6.07) is 15.0. The molecule has 3 aromatic rings. The number of hydrogen-bond acceptors (Lipinski definition) is 4. The largest absolute Gasteiger partial charge is 0.508 e.